The maximum absolute atomic E-state index is 4.35. The van der Waals surface area contributed by atoms with Gasteiger partial charge in [-0.1, -0.05) is 0 Å². The van der Waals surface area contributed by atoms with Crippen molar-refractivity contribution in [1.82, 2.24) is 9.97 Å². The van der Waals surface area contributed by atoms with Gasteiger partial charge in [-0.15, -0.1) is 0 Å². The zero-order valence-electron chi connectivity index (χ0n) is 5.96. The normalized spacial score (nSPS) is 10.5. The van der Waals surface area contributed by atoms with E-state index in [0.29, 0.717) is 0 Å². The van der Waals surface area contributed by atoms with Gasteiger partial charge in [0.2, 0.25) is 0 Å². The lowest BCUT2D eigenvalue weighted by atomic mass is 10.2. The Hall–Kier alpha value is 0.0200. The predicted molar refractivity (Wildman–Crippen MR) is 65.0 cm³/mol. The number of aromatic nitrogens is 2. The first-order valence-electron chi connectivity index (χ1n) is 3.33. The molecular formula is C8H4I2N2. The van der Waals surface area contributed by atoms with Crippen molar-refractivity contribution in [3.63, 3.8) is 0 Å². The maximum atomic E-state index is 4.35. The highest BCUT2D eigenvalue weighted by atomic mass is 127. The molecule has 0 fully saturated rings. The molecule has 2 aromatic heterocycles. The van der Waals surface area contributed by atoms with Gasteiger partial charge in [0.1, 0.15) is 7.40 Å². The largest absolute Gasteiger partial charge is 0.264 e. The second kappa shape index (κ2) is 3.41. The molecule has 12 heavy (non-hydrogen) atoms. The summed E-state index contributed by atoms with van der Waals surface area (Å²) in [6, 6.07) is 4.02. The zero-order chi connectivity index (χ0) is 8.55. The van der Waals surface area contributed by atoms with Gasteiger partial charge in [-0.2, -0.15) is 0 Å². The molecule has 0 aliphatic carbocycles. The second-order valence-electron chi connectivity index (χ2n) is 2.33. The Labute approximate surface area is 97.1 Å². The molecule has 0 spiro atoms. The molecule has 0 saturated carbocycles. The molecule has 0 aliphatic rings. The summed E-state index contributed by atoms with van der Waals surface area (Å²) in [6.07, 6.45) is 3.65. The van der Waals surface area contributed by atoms with Crippen LogP contribution in [-0.4, -0.2) is 9.97 Å². The van der Waals surface area contributed by atoms with Crippen LogP contribution in [0.5, 0.6) is 0 Å². The van der Waals surface area contributed by atoms with Gasteiger partial charge >= 0.3 is 0 Å². The minimum absolute atomic E-state index is 1.01. The van der Waals surface area contributed by atoms with Gasteiger partial charge in [0.25, 0.3) is 0 Å². The topological polar surface area (TPSA) is 25.8 Å². The van der Waals surface area contributed by atoms with Crippen molar-refractivity contribution in [2.24, 2.45) is 0 Å². The van der Waals surface area contributed by atoms with Crippen LogP contribution in [0.3, 0.4) is 0 Å². The Morgan fingerprint density at radius 3 is 2.92 bits per heavy atom. The third-order valence-corrected chi connectivity index (χ3v) is 2.93. The lowest BCUT2D eigenvalue weighted by molar-refractivity contribution is 1.24. The smallest absolute Gasteiger partial charge is 0.110 e. The Morgan fingerprint density at radius 2 is 2.08 bits per heavy atom. The highest BCUT2D eigenvalue weighted by molar-refractivity contribution is 14.1. The molecule has 0 bridgehead atoms. The molecule has 0 amide bonds. The molecule has 0 saturated heterocycles. The van der Waals surface area contributed by atoms with Gasteiger partial charge in [-0.05, 0) is 57.3 Å². The molecule has 2 rings (SSSR count). The van der Waals surface area contributed by atoms with Crippen LogP contribution in [-0.2, 0) is 0 Å². The quantitative estimate of drug-likeness (QED) is 0.518. The Morgan fingerprint density at radius 1 is 1.25 bits per heavy atom. The fraction of sp³-hybridized carbons (Fsp3) is 0. The van der Waals surface area contributed by atoms with E-state index in [-0.39, 0.29) is 0 Å². The number of halogens is 2. The summed E-state index contributed by atoms with van der Waals surface area (Å²) in [7, 11) is 0. The van der Waals surface area contributed by atoms with Crippen molar-refractivity contribution < 1.29 is 0 Å². The van der Waals surface area contributed by atoms with Gasteiger partial charge in [0.05, 0.1) is 0 Å². The van der Waals surface area contributed by atoms with Gasteiger partial charge in [0, 0.05) is 23.2 Å². The van der Waals surface area contributed by atoms with Crippen molar-refractivity contribution in [3.05, 3.63) is 31.9 Å². The van der Waals surface area contributed by atoms with Crippen molar-refractivity contribution in [1.29, 1.82) is 0 Å². The maximum Gasteiger partial charge on any atom is 0.110 e. The number of hydrogen-bond donors (Lipinski definition) is 0. The molecule has 0 aromatic carbocycles. The van der Waals surface area contributed by atoms with Crippen LogP contribution < -0.4 is 0 Å². The number of nitrogens with zero attached hydrogens (tertiary/aromatic N) is 2. The van der Waals surface area contributed by atoms with E-state index in [1.165, 1.54) is 5.39 Å². The van der Waals surface area contributed by atoms with E-state index >= 15 is 0 Å². The highest BCUT2D eigenvalue weighted by Crippen LogP contribution is 2.19. The molecule has 0 N–H and O–H groups in total. The SMILES string of the molecule is Ic1cc2cnccc2c(I)n1. The zero-order valence-corrected chi connectivity index (χ0v) is 10.3. The lowest BCUT2D eigenvalue weighted by Gasteiger charge is -1.99. The van der Waals surface area contributed by atoms with Crippen LogP contribution in [0, 0.1) is 7.40 Å². The molecule has 60 valence electrons. The fourth-order valence-corrected chi connectivity index (χ4v) is 2.81. The summed E-state index contributed by atoms with van der Waals surface area (Å²) in [4.78, 5) is 8.41. The van der Waals surface area contributed by atoms with Gasteiger partial charge < -0.3 is 0 Å². The van der Waals surface area contributed by atoms with Crippen LogP contribution in [0.1, 0.15) is 0 Å². The van der Waals surface area contributed by atoms with Crippen LogP contribution in [0.4, 0.5) is 0 Å². The summed E-state index contributed by atoms with van der Waals surface area (Å²) >= 11 is 4.45. The molecule has 2 aromatic rings. The third-order valence-electron chi connectivity index (χ3n) is 1.55. The first-order valence-corrected chi connectivity index (χ1v) is 5.49. The molecule has 0 radical (unpaired) electrons. The predicted octanol–water partition coefficient (Wildman–Crippen LogP) is 2.84. The van der Waals surface area contributed by atoms with E-state index in [4.69, 9.17) is 0 Å². The Bertz CT molecular complexity index is 428. The second-order valence-corrected chi connectivity index (χ2v) is 4.46. The third kappa shape index (κ3) is 1.54. The monoisotopic (exact) mass is 382 g/mol. The molecule has 2 heterocycles. The van der Waals surface area contributed by atoms with Crippen LogP contribution in [0.2, 0.25) is 0 Å². The lowest BCUT2D eigenvalue weighted by Crippen LogP contribution is -1.87. The number of rotatable bonds is 0. The van der Waals surface area contributed by atoms with E-state index in [1.54, 1.807) is 6.20 Å². The number of hydrogen-bond acceptors (Lipinski definition) is 2. The van der Waals surface area contributed by atoms with E-state index in [1.807, 2.05) is 18.3 Å². The van der Waals surface area contributed by atoms with Crippen LogP contribution in [0.15, 0.2) is 24.5 Å². The summed E-state index contributed by atoms with van der Waals surface area (Å²) in [5.41, 5.74) is 0. The van der Waals surface area contributed by atoms with Crippen molar-refractivity contribution in [3.8, 4) is 0 Å². The van der Waals surface area contributed by atoms with Gasteiger partial charge in [-0.3, -0.25) is 4.98 Å². The van der Waals surface area contributed by atoms with Gasteiger partial charge in [-0.25, -0.2) is 4.98 Å². The molecule has 2 nitrogen and oxygen atoms in total. The summed E-state index contributed by atoms with van der Waals surface area (Å²) < 4.78 is 2.05. The molecule has 0 unspecified atom stereocenters. The van der Waals surface area contributed by atoms with Crippen molar-refractivity contribution in [2.75, 3.05) is 0 Å². The van der Waals surface area contributed by atoms with E-state index in [2.05, 4.69) is 55.1 Å². The van der Waals surface area contributed by atoms with Crippen LogP contribution in [0.25, 0.3) is 10.8 Å². The molecule has 0 aliphatic heterocycles. The van der Waals surface area contributed by atoms with Crippen molar-refractivity contribution in [2.45, 2.75) is 0 Å². The van der Waals surface area contributed by atoms with E-state index < -0.39 is 0 Å². The minimum Gasteiger partial charge on any atom is -0.264 e. The highest BCUT2D eigenvalue weighted by Gasteiger charge is 2.00. The molecular weight excluding hydrogens is 378 g/mol. The van der Waals surface area contributed by atoms with E-state index in [9.17, 15) is 0 Å². The average molecular weight is 382 g/mol. The molecule has 4 heteroatoms. The standard InChI is InChI=1S/C8H4I2N2/c9-7-3-5-4-11-2-1-6(5)8(10)12-7/h1-4H. The van der Waals surface area contributed by atoms with Crippen LogP contribution >= 0.6 is 45.2 Å². The minimum atomic E-state index is 1.01. The Kier molecular flexibility index (Phi) is 2.44. The van der Waals surface area contributed by atoms with Crippen molar-refractivity contribution >= 4 is 56.0 Å². The number of fused-ring (bicyclic) bond motifs is 1. The fourth-order valence-electron chi connectivity index (χ4n) is 1.02. The summed E-state index contributed by atoms with van der Waals surface area (Å²) in [5.74, 6) is 0. The first kappa shape index (κ1) is 8.61. The summed E-state index contributed by atoms with van der Waals surface area (Å²) in [5, 5.41) is 2.33. The van der Waals surface area contributed by atoms with E-state index in [0.717, 1.165) is 12.8 Å². The average Bonchev–Trinajstić information content (AvgIpc) is 2.04. The number of pyridine rings is 2. The Balaban J connectivity index is 2.89. The summed E-state index contributed by atoms with van der Waals surface area (Å²) in [6.45, 7) is 0. The first-order chi connectivity index (χ1) is 5.77. The van der Waals surface area contributed by atoms with Gasteiger partial charge in [0.15, 0.2) is 0 Å². The molecule has 0 atom stereocenters.